The Morgan fingerprint density at radius 2 is 2.00 bits per heavy atom. The van der Waals surface area contributed by atoms with E-state index in [0.717, 1.165) is 40.1 Å². The van der Waals surface area contributed by atoms with Gasteiger partial charge in [0.2, 0.25) is 5.91 Å². The van der Waals surface area contributed by atoms with Gasteiger partial charge < -0.3 is 9.88 Å². The molecule has 0 radical (unpaired) electrons. The number of aromatic nitrogens is 3. The van der Waals surface area contributed by atoms with Gasteiger partial charge in [0.25, 0.3) is 0 Å². The molecule has 1 amide bonds. The Morgan fingerprint density at radius 1 is 1.17 bits per heavy atom. The van der Waals surface area contributed by atoms with E-state index in [4.69, 9.17) is 0 Å². The second-order valence-corrected chi connectivity index (χ2v) is 6.45. The number of hydrogen-bond acceptors (Lipinski definition) is 3. The fourth-order valence-corrected chi connectivity index (χ4v) is 3.24. The molecule has 1 fully saturated rings. The largest absolute Gasteiger partial charge is 0.346 e. The molecule has 0 saturated heterocycles. The van der Waals surface area contributed by atoms with Crippen LogP contribution in [0.3, 0.4) is 0 Å². The molecule has 0 atom stereocenters. The van der Waals surface area contributed by atoms with Crippen LogP contribution >= 0.6 is 0 Å². The van der Waals surface area contributed by atoms with Gasteiger partial charge in [-0.3, -0.25) is 9.78 Å². The summed E-state index contributed by atoms with van der Waals surface area (Å²) >= 11 is 0. The minimum atomic E-state index is 0.177. The molecule has 3 aromatic rings. The van der Waals surface area contributed by atoms with Crippen LogP contribution in [0.15, 0.2) is 36.8 Å². The van der Waals surface area contributed by atoms with Crippen molar-refractivity contribution in [1.29, 1.82) is 0 Å². The van der Waals surface area contributed by atoms with Crippen molar-refractivity contribution in [3.05, 3.63) is 42.5 Å². The van der Waals surface area contributed by atoms with Gasteiger partial charge in [0.15, 0.2) is 0 Å². The summed E-state index contributed by atoms with van der Waals surface area (Å²) in [4.78, 5) is 26.2. The molecular formula is C18H16N4O. The highest BCUT2D eigenvalue weighted by atomic mass is 16.2. The van der Waals surface area contributed by atoms with E-state index in [1.807, 2.05) is 29.6 Å². The number of hydrogen-bond donors (Lipinski definition) is 1. The molecule has 1 N–H and O–H groups in total. The predicted octanol–water partition coefficient (Wildman–Crippen LogP) is 2.92. The highest BCUT2D eigenvalue weighted by molar-refractivity contribution is 6.01. The lowest BCUT2D eigenvalue weighted by Crippen LogP contribution is -2.28. The van der Waals surface area contributed by atoms with Gasteiger partial charge >= 0.3 is 0 Å². The minimum Gasteiger partial charge on any atom is -0.346 e. The van der Waals surface area contributed by atoms with E-state index in [2.05, 4.69) is 27.1 Å². The first-order valence-electron chi connectivity index (χ1n) is 8.01. The number of rotatable bonds is 3. The van der Waals surface area contributed by atoms with E-state index in [0.29, 0.717) is 12.3 Å². The van der Waals surface area contributed by atoms with E-state index >= 15 is 0 Å². The quantitative estimate of drug-likeness (QED) is 0.809. The van der Waals surface area contributed by atoms with Crippen LogP contribution in [0.1, 0.15) is 18.5 Å². The lowest BCUT2D eigenvalue weighted by Gasteiger charge is -2.17. The zero-order valence-corrected chi connectivity index (χ0v) is 12.6. The molecule has 114 valence electrons. The molecule has 23 heavy (non-hydrogen) atoms. The maximum absolute atomic E-state index is 12.3. The number of pyridine rings is 2. The van der Waals surface area contributed by atoms with Crippen molar-refractivity contribution >= 4 is 22.6 Å². The van der Waals surface area contributed by atoms with Crippen LogP contribution in [0, 0.1) is 5.92 Å². The summed E-state index contributed by atoms with van der Waals surface area (Å²) in [6.07, 6.45) is 8.49. The van der Waals surface area contributed by atoms with Gasteiger partial charge in [0.05, 0.1) is 17.8 Å². The van der Waals surface area contributed by atoms with Crippen LogP contribution in [-0.2, 0) is 11.2 Å². The molecule has 2 aliphatic rings. The third-order valence-electron chi connectivity index (χ3n) is 4.73. The number of anilines is 1. The highest BCUT2D eigenvalue weighted by Crippen LogP contribution is 2.37. The number of amides is 1. The first kappa shape index (κ1) is 12.8. The fraction of sp³-hybridized carbons (Fsp3) is 0.278. The van der Waals surface area contributed by atoms with E-state index < -0.39 is 0 Å². The average Bonchev–Trinajstić information content (AvgIpc) is 3.17. The molecule has 5 nitrogen and oxygen atoms in total. The molecule has 3 aromatic heterocycles. The summed E-state index contributed by atoms with van der Waals surface area (Å²) in [5, 5.41) is 1.08. The van der Waals surface area contributed by atoms with Crippen LogP contribution in [-0.4, -0.2) is 27.4 Å². The Bertz CT molecular complexity index is 926. The molecule has 1 aliphatic heterocycles. The number of fused-ring (bicyclic) bond motifs is 2. The number of nitrogens with zero attached hydrogens (tertiary/aromatic N) is 3. The van der Waals surface area contributed by atoms with Crippen molar-refractivity contribution in [2.24, 2.45) is 5.92 Å². The fourth-order valence-electron chi connectivity index (χ4n) is 3.24. The molecule has 5 rings (SSSR count). The molecule has 4 heterocycles. The Hall–Kier alpha value is -2.69. The van der Waals surface area contributed by atoms with E-state index in [1.54, 1.807) is 0 Å². The van der Waals surface area contributed by atoms with Crippen LogP contribution in [0.25, 0.3) is 22.2 Å². The maximum Gasteiger partial charge on any atom is 0.233 e. The molecule has 0 unspecified atom stereocenters. The molecule has 5 heteroatoms. The van der Waals surface area contributed by atoms with Crippen molar-refractivity contribution in [2.45, 2.75) is 19.3 Å². The first-order valence-corrected chi connectivity index (χ1v) is 8.01. The zero-order valence-electron chi connectivity index (χ0n) is 12.6. The van der Waals surface area contributed by atoms with Crippen molar-refractivity contribution in [3.8, 4) is 11.1 Å². The molecule has 0 aromatic carbocycles. The number of H-pyrrole nitrogens is 1. The second kappa shape index (κ2) is 4.65. The number of nitrogens with one attached hydrogen (secondary N) is 1. The first-order chi connectivity index (χ1) is 11.3. The number of carbonyl (C=O) groups excluding carboxylic acids is 1. The van der Waals surface area contributed by atoms with E-state index in [1.165, 1.54) is 12.8 Å². The molecule has 0 bridgehead atoms. The SMILES string of the molecule is O=C1Cc2ncc(-c3cnc4[nH]ccc4c3)cc2N1CC1CC1. The predicted molar refractivity (Wildman–Crippen MR) is 88.1 cm³/mol. The van der Waals surface area contributed by atoms with Crippen LogP contribution in [0.4, 0.5) is 5.69 Å². The summed E-state index contributed by atoms with van der Waals surface area (Å²) in [6, 6.07) is 6.20. The molecular weight excluding hydrogens is 288 g/mol. The Labute approximate surface area is 133 Å². The second-order valence-electron chi connectivity index (χ2n) is 6.45. The third-order valence-corrected chi connectivity index (χ3v) is 4.73. The summed E-state index contributed by atoms with van der Waals surface area (Å²) in [6.45, 7) is 0.839. The average molecular weight is 304 g/mol. The van der Waals surface area contributed by atoms with Gasteiger partial charge in [0.1, 0.15) is 5.65 Å². The Kier molecular flexibility index (Phi) is 2.59. The van der Waals surface area contributed by atoms with Crippen LogP contribution < -0.4 is 4.90 Å². The molecule has 0 spiro atoms. The van der Waals surface area contributed by atoms with Gasteiger partial charge in [-0.25, -0.2) is 4.98 Å². The number of aromatic amines is 1. The molecule has 1 aliphatic carbocycles. The molecule has 1 saturated carbocycles. The summed E-state index contributed by atoms with van der Waals surface area (Å²) in [7, 11) is 0. The Balaban J connectivity index is 1.57. The van der Waals surface area contributed by atoms with Gasteiger partial charge in [-0.2, -0.15) is 0 Å². The third kappa shape index (κ3) is 2.11. The summed E-state index contributed by atoms with van der Waals surface area (Å²) < 4.78 is 0. The van der Waals surface area contributed by atoms with Gasteiger partial charge in [0, 0.05) is 41.6 Å². The van der Waals surface area contributed by atoms with E-state index in [-0.39, 0.29) is 5.91 Å². The van der Waals surface area contributed by atoms with Crippen LogP contribution in [0.5, 0.6) is 0 Å². The summed E-state index contributed by atoms with van der Waals surface area (Å²) in [5.41, 5.74) is 4.80. The normalized spacial score (nSPS) is 17.0. The highest BCUT2D eigenvalue weighted by Gasteiger charge is 2.33. The standard InChI is InChI=1S/C18H16N4O/c23-17-7-15-16(22(17)10-11-1-2-11)6-14(8-20-15)13-5-12-3-4-19-18(12)21-9-13/h3-6,8-9,11H,1-2,7,10H2,(H,19,21). The zero-order chi connectivity index (χ0) is 15.4. The Morgan fingerprint density at radius 3 is 2.87 bits per heavy atom. The topological polar surface area (TPSA) is 61.9 Å². The van der Waals surface area contributed by atoms with Gasteiger partial charge in [-0.05, 0) is 37.0 Å². The van der Waals surface area contributed by atoms with Crippen molar-refractivity contribution in [1.82, 2.24) is 15.0 Å². The minimum absolute atomic E-state index is 0.177. The van der Waals surface area contributed by atoms with Crippen molar-refractivity contribution in [2.75, 3.05) is 11.4 Å². The smallest absolute Gasteiger partial charge is 0.233 e. The van der Waals surface area contributed by atoms with Gasteiger partial charge in [-0.1, -0.05) is 0 Å². The van der Waals surface area contributed by atoms with E-state index in [9.17, 15) is 4.79 Å². The number of carbonyl (C=O) groups is 1. The lowest BCUT2D eigenvalue weighted by atomic mass is 10.1. The van der Waals surface area contributed by atoms with Crippen LogP contribution in [0.2, 0.25) is 0 Å². The van der Waals surface area contributed by atoms with Crippen molar-refractivity contribution < 1.29 is 4.79 Å². The lowest BCUT2D eigenvalue weighted by molar-refractivity contribution is -0.117. The van der Waals surface area contributed by atoms with Crippen molar-refractivity contribution in [3.63, 3.8) is 0 Å². The summed E-state index contributed by atoms with van der Waals surface area (Å²) in [5.74, 6) is 0.849. The van der Waals surface area contributed by atoms with Gasteiger partial charge in [-0.15, -0.1) is 0 Å². The maximum atomic E-state index is 12.3. The monoisotopic (exact) mass is 304 g/mol.